The number of aromatic nitrogens is 1. The monoisotopic (exact) mass is 540 g/mol. The molecular weight excluding hydrogens is 519 g/mol. The molecule has 186 valence electrons. The summed E-state index contributed by atoms with van der Waals surface area (Å²) in [7, 11) is -2.37. The Hall–Kier alpha value is -3.12. The molecule has 10 nitrogen and oxygen atoms in total. The van der Waals surface area contributed by atoms with Crippen molar-refractivity contribution in [2.24, 2.45) is 7.05 Å². The van der Waals surface area contributed by atoms with E-state index in [1.54, 1.807) is 34.5 Å². The second-order valence-electron chi connectivity index (χ2n) is 7.68. The van der Waals surface area contributed by atoms with Crippen LogP contribution in [0, 0.1) is 0 Å². The fourth-order valence-corrected chi connectivity index (χ4v) is 4.76. The third kappa shape index (κ3) is 6.31. The number of carbonyl (C=O) groups excluding carboxylic acids is 2. The topological polar surface area (TPSA) is 147 Å². The van der Waals surface area contributed by atoms with Gasteiger partial charge in [-0.1, -0.05) is 35.3 Å². The summed E-state index contributed by atoms with van der Waals surface area (Å²) in [5.74, 6) is -2.32. The number of carboxylic acid groups (broad SMARTS) is 1. The Balaban J connectivity index is 1.87. The maximum atomic E-state index is 13.2. The number of benzene rings is 2. The minimum Gasteiger partial charge on any atom is -0.478 e. The highest BCUT2D eigenvalue weighted by Crippen LogP contribution is 2.32. The number of hydrogen-bond acceptors (Lipinski definition) is 5. The fraction of sp³-hybridized carbons (Fsp3) is 0.227. The molecule has 0 fully saturated rings. The average molecular weight is 541 g/mol. The van der Waals surface area contributed by atoms with E-state index in [1.807, 2.05) is 0 Å². The second kappa shape index (κ2) is 10.6. The van der Waals surface area contributed by atoms with Crippen molar-refractivity contribution in [2.45, 2.75) is 19.4 Å². The highest BCUT2D eigenvalue weighted by atomic mass is 35.5. The molecule has 2 aromatic carbocycles. The number of carbonyl (C=O) groups is 3. The van der Waals surface area contributed by atoms with E-state index in [-0.39, 0.29) is 24.2 Å². The molecule has 3 aromatic rings. The van der Waals surface area contributed by atoms with Crippen LogP contribution in [0.2, 0.25) is 10.0 Å². The molecule has 0 radical (unpaired) electrons. The van der Waals surface area contributed by atoms with Crippen LogP contribution in [0.4, 0.5) is 0 Å². The van der Waals surface area contributed by atoms with E-state index in [0.29, 0.717) is 26.5 Å². The number of carboxylic acids is 1. The normalized spacial score (nSPS) is 12.3. The van der Waals surface area contributed by atoms with Crippen molar-refractivity contribution in [2.75, 3.05) is 6.54 Å². The lowest BCUT2D eigenvalue weighted by Crippen LogP contribution is -2.40. The van der Waals surface area contributed by atoms with Gasteiger partial charge in [0.25, 0.3) is 5.91 Å². The molecule has 0 spiro atoms. The zero-order valence-corrected chi connectivity index (χ0v) is 21.0. The molecular formula is C22H22Cl2N4O6S. The second-order valence-corrected chi connectivity index (χ2v) is 9.97. The zero-order valence-electron chi connectivity index (χ0n) is 18.6. The molecule has 35 heavy (non-hydrogen) atoms. The Kier molecular flexibility index (Phi) is 8.06. The van der Waals surface area contributed by atoms with Crippen LogP contribution in [0.5, 0.6) is 0 Å². The smallest absolute Gasteiger partial charge is 0.335 e. The van der Waals surface area contributed by atoms with Crippen LogP contribution in [-0.4, -0.2) is 42.4 Å². The predicted molar refractivity (Wildman–Crippen MR) is 132 cm³/mol. The van der Waals surface area contributed by atoms with Gasteiger partial charge in [-0.3, -0.25) is 9.59 Å². The predicted octanol–water partition coefficient (Wildman–Crippen LogP) is 3.02. The van der Waals surface area contributed by atoms with E-state index >= 15 is 0 Å². The first-order valence-corrected chi connectivity index (χ1v) is 12.5. The zero-order chi connectivity index (χ0) is 25.9. The van der Waals surface area contributed by atoms with Gasteiger partial charge in [0, 0.05) is 31.4 Å². The van der Waals surface area contributed by atoms with E-state index in [0.717, 1.165) is 6.92 Å². The number of amides is 2. The third-order valence-corrected chi connectivity index (χ3v) is 7.17. The van der Waals surface area contributed by atoms with Gasteiger partial charge in [-0.25, -0.2) is 9.52 Å². The van der Waals surface area contributed by atoms with Crippen LogP contribution in [0.3, 0.4) is 0 Å². The van der Waals surface area contributed by atoms with Gasteiger partial charge in [0.15, 0.2) is 0 Å². The summed E-state index contributed by atoms with van der Waals surface area (Å²) in [6, 6.07) is 10.1. The number of nitrogens with one attached hydrogen (secondary N) is 3. The van der Waals surface area contributed by atoms with Crippen LogP contribution in [0.25, 0.3) is 10.9 Å². The summed E-state index contributed by atoms with van der Waals surface area (Å²) >= 11 is 12.4. The van der Waals surface area contributed by atoms with E-state index in [9.17, 15) is 22.8 Å². The molecule has 2 amide bonds. The number of rotatable bonds is 9. The summed E-state index contributed by atoms with van der Waals surface area (Å²) in [4.78, 5) is 35.4. The van der Waals surface area contributed by atoms with E-state index < -0.39 is 34.0 Å². The first kappa shape index (κ1) is 26.5. The standard InChI is InChI=1S/C22H22Cl2N4O6S/c1-12(29)27-35(33,34)25-10-9-17(13-3-5-14(6-4-13)22(31)32)26-21(30)19-11-15-18(28(19)2)8-7-16(23)20(15)24/h3-8,11,17,25H,9-10H2,1-2H3,(H,26,30)(H,27,29)(H,31,32). The van der Waals surface area contributed by atoms with Gasteiger partial charge < -0.3 is 15.0 Å². The minimum atomic E-state index is -4.06. The molecule has 0 saturated heterocycles. The van der Waals surface area contributed by atoms with Gasteiger partial charge in [-0.2, -0.15) is 13.1 Å². The van der Waals surface area contributed by atoms with E-state index in [1.165, 1.54) is 24.3 Å². The molecule has 0 aliphatic carbocycles. The maximum Gasteiger partial charge on any atom is 0.335 e. The fourth-order valence-electron chi connectivity index (χ4n) is 3.54. The third-order valence-electron chi connectivity index (χ3n) is 5.21. The van der Waals surface area contributed by atoms with Crippen molar-refractivity contribution < 1.29 is 27.9 Å². The molecule has 0 aliphatic heterocycles. The molecule has 0 aliphatic rings. The van der Waals surface area contributed by atoms with Gasteiger partial charge >= 0.3 is 16.2 Å². The van der Waals surface area contributed by atoms with Crippen LogP contribution in [0.15, 0.2) is 42.5 Å². The molecule has 0 saturated carbocycles. The number of hydrogen-bond donors (Lipinski definition) is 4. The van der Waals surface area contributed by atoms with Crippen molar-refractivity contribution >= 4 is 62.1 Å². The highest BCUT2D eigenvalue weighted by Gasteiger charge is 2.22. The number of halogens is 2. The van der Waals surface area contributed by atoms with Crippen molar-refractivity contribution in [3.05, 3.63) is 69.3 Å². The maximum absolute atomic E-state index is 13.2. The van der Waals surface area contributed by atoms with Gasteiger partial charge in [-0.15, -0.1) is 0 Å². The van der Waals surface area contributed by atoms with Crippen LogP contribution < -0.4 is 14.8 Å². The Morgan fingerprint density at radius 2 is 1.74 bits per heavy atom. The Morgan fingerprint density at radius 1 is 1.09 bits per heavy atom. The Labute approximate surface area is 211 Å². The number of nitrogens with zero attached hydrogens (tertiary/aromatic N) is 1. The lowest BCUT2D eigenvalue weighted by Gasteiger charge is -2.20. The van der Waals surface area contributed by atoms with Crippen molar-refractivity contribution in [3.8, 4) is 0 Å². The van der Waals surface area contributed by atoms with Crippen molar-refractivity contribution in [1.82, 2.24) is 19.3 Å². The lowest BCUT2D eigenvalue weighted by atomic mass is 10.0. The Morgan fingerprint density at radius 3 is 2.34 bits per heavy atom. The largest absolute Gasteiger partial charge is 0.478 e. The molecule has 1 atom stereocenters. The quantitative estimate of drug-likeness (QED) is 0.328. The summed E-state index contributed by atoms with van der Waals surface area (Å²) in [5, 5.41) is 13.3. The summed E-state index contributed by atoms with van der Waals surface area (Å²) < 4.78 is 29.5. The van der Waals surface area contributed by atoms with E-state index in [4.69, 9.17) is 28.3 Å². The van der Waals surface area contributed by atoms with Crippen LogP contribution >= 0.6 is 23.2 Å². The van der Waals surface area contributed by atoms with Gasteiger partial charge in [0.2, 0.25) is 5.91 Å². The molecule has 0 bridgehead atoms. The molecule has 1 unspecified atom stereocenters. The first-order chi connectivity index (χ1) is 16.4. The summed E-state index contributed by atoms with van der Waals surface area (Å²) in [6.45, 7) is 0.945. The number of aryl methyl sites for hydroxylation is 1. The molecule has 1 aromatic heterocycles. The SMILES string of the molecule is CC(=O)NS(=O)(=O)NCCC(NC(=O)c1cc2c(Cl)c(Cl)ccc2n1C)c1ccc(C(=O)O)cc1. The van der Waals surface area contributed by atoms with Gasteiger partial charge in [-0.05, 0) is 42.3 Å². The molecule has 3 rings (SSSR count). The average Bonchev–Trinajstić information content (AvgIpc) is 3.11. The van der Waals surface area contributed by atoms with E-state index in [2.05, 4.69) is 10.0 Å². The first-order valence-electron chi connectivity index (χ1n) is 10.2. The Bertz CT molecular complexity index is 1400. The summed E-state index contributed by atoms with van der Waals surface area (Å²) in [5.41, 5.74) is 1.59. The number of aromatic carboxylic acids is 1. The minimum absolute atomic E-state index is 0.0605. The van der Waals surface area contributed by atoms with Crippen LogP contribution in [0.1, 0.15) is 45.8 Å². The molecule has 4 N–H and O–H groups in total. The van der Waals surface area contributed by atoms with Crippen LogP contribution in [-0.2, 0) is 22.1 Å². The van der Waals surface area contributed by atoms with Gasteiger partial charge in [0.05, 0.1) is 21.7 Å². The highest BCUT2D eigenvalue weighted by molar-refractivity contribution is 7.88. The molecule has 1 heterocycles. The molecule has 13 heteroatoms. The van der Waals surface area contributed by atoms with Crippen molar-refractivity contribution in [1.29, 1.82) is 0 Å². The lowest BCUT2D eigenvalue weighted by molar-refractivity contribution is -0.117. The summed E-state index contributed by atoms with van der Waals surface area (Å²) in [6.07, 6.45) is 0.105. The van der Waals surface area contributed by atoms with Crippen molar-refractivity contribution in [3.63, 3.8) is 0 Å². The number of fused-ring (bicyclic) bond motifs is 1. The van der Waals surface area contributed by atoms with Gasteiger partial charge in [0.1, 0.15) is 5.69 Å².